The average Bonchev–Trinajstić information content (AvgIpc) is 2.94. The van der Waals surface area contributed by atoms with E-state index in [1.54, 1.807) is 0 Å². The molecule has 2 saturated heterocycles. The number of halogens is 4. The first-order valence-electron chi connectivity index (χ1n) is 9.52. The largest absolute Gasteiger partial charge is 0.471 e. The Morgan fingerprint density at radius 1 is 1.00 bits per heavy atom. The van der Waals surface area contributed by atoms with Crippen LogP contribution in [0.5, 0.6) is 11.5 Å². The van der Waals surface area contributed by atoms with Gasteiger partial charge in [-0.2, -0.15) is 13.2 Å². The number of ether oxygens (including phenoxy) is 1. The van der Waals surface area contributed by atoms with Gasteiger partial charge in [-0.15, -0.1) is 0 Å². The van der Waals surface area contributed by atoms with Crippen molar-refractivity contribution in [1.82, 2.24) is 4.90 Å². The third-order valence-corrected chi connectivity index (χ3v) is 6.64. The van der Waals surface area contributed by atoms with Gasteiger partial charge in [-0.3, -0.25) is 4.79 Å². The van der Waals surface area contributed by atoms with E-state index in [4.69, 9.17) is 4.74 Å². The molecule has 0 aliphatic carbocycles. The fourth-order valence-electron chi connectivity index (χ4n) is 4.90. The highest BCUT2D eigenvalue weighted by atomic mass is 79.9. The van der Waals surface area contributed by atoms with Crippen LogP contribution in [0.1, 0.15) is 36.8 Å². The van der Waals surface area contributed by atoms with Crippen LogP contribution in [0.4, 0.5) is 13.2 Å². The lowest BCUT2D eigenvalue weighted by Crippen LogP contribution is -2.50. The first kappa shape index (κ1) is 18.7. The van der Waals surface area contributed by atoms with Gasteiger partial charge >= 0.3 is 12.1 Å². The lowest BCUT2D eigenvalue weighted by molar-refractivity contribution is -0.189. The molecule has 1 amide bonds. The van der Waals surface area contributed by atoms with Crippen LogP contribution in [-0.2, 0) is 4.79 Å². The number of fused-ring (bicyclic) bond motifs is 4. The van der Waals surface area contributed by atoms with Crippen LogP contribution in [0.15, 0.2) is 52.5 Å². The Hall–Kier alpha value is -2.28. The highest BCUT2D eigenvalue weighted by molar-refractivity contribution is 9.10. The molecule has 0 unspecified atom stereocenters. The zero-order valence-corrected chi connectivity index (χ0v) is 16.9. The lowest BCUT2D eigenvalue weighted by atomic mass is 9.84. The fourth-order valence-corrected chi connectivity index (χ4v) is 5.35. The highest BCUT2D eigenvalue weighted by Crippen LogP contribution is 2.51. The number of nitrogens with zero attached hydrogens (tertiary/aromatic N) is 1. The third-order valence-electron chi connectivity index (χ3n) is 6.02. The van der Waals surface area contributed by atoms with Crippen molar-refractivity contribution < 1.29 is 22.7 Å². The quantitative estimate of drug-likeness (QED) is 0.404. The number of hydrogen-bond donors (Lipinski definition) is 0. The van der Waals surface area contributed by atoms with E-state index in [0.29, 0.717) is 25.7 Å². The molecule has 0 saturated carbocycles. The van der Waals surface area contributed by atoms with Crippen molar-refractivity contribution in [2.75, 3.05) is 0 Å². The van der Waals surface area contributed by atoms with Gasteiger partial charge in [-0.1, -0.05) is 35.9 Å². The van der Waals surface area contributed by atoms with E-state index in [9.17, 15) is 18.0 Å². The van der Waals surface area contributed by atoms with Crippen LogP contribution < -0.4 is 4.74 Å². The number of benzene rings is 2. The van der Waals surface area contributed by atoms with Gasteiger partial charge in [0.25, 0.3) is 0 Å². The van der Waals surface area contributed by atoms with Crippen molar-refractivity contribution in [2.24, 2.45) is 0 Å². The zero-order chi connectivity index (χ0) is 20.3. The molecule has 7 heteroatoms. The second-order valence-electron chi connectivity index (χ2n) is 7.70. The lowest BCUT2D eigenvalue weighted by Gasteiger charge is -2.38. The monoisotopic (exact) mass is 463 g/mol. The van der Waals surface area contributed by atoms with Gasteiger partial charge in [0.1, 0.15) is 11.5 Å². The van der Waals surface area contributed by atoms with Crippen LogP contribution in [0.25, 0.3) is 5.57 Å². The number of piperidine rings is 1. The molecule has 3 nitrogen and oxygen atoms in total. The van der Waals surface area contributed by atoms with Crippen molar-refractivity contribution in [1.29, 1.82) is 0 Å². The average molecular weight is 464 g/mol. The summed E-state index contributed by atoms with van der Waals surface area (Å²) in [6, 6.07) is 12.7. The first-order chi connectivity index (χ1) is 13.8. The van der Waals surface area contributed by atoms with Gasteiger partial charge in [0.2, 0.25) is 0 Å². The SMILES string of the molecule is O=C(N1[C@@H]2CC[C@H]1C/C(=C1/c3ccccc3Oc3c(Br)cccc31)C2)C(F)(F)F. The molecule has 2 bridgehead atoms. The predicted octanol–water partition coefficient (Wildman–Crippen LogP) is 6.07. The Labute approximate surface area is 174 Å². The Balaban J connectivity index is 1.62. The van der Waals surface area contributed by atoms with Crippen LogP contribution in [0, 0.1) is 0 Å². The Morgan fingerprint density at radius 2 is 1.66 bits per heavy atom. The van der Waals surface area contributed by atoms with E-state index >= 15 is 0 Å². The molecular weight excluding hydrogens is 447 g/mol. The number of carbonyl (C=O) groups excluding carboxylic acids is 1. The second kappa shape index (κ2) is 6.62. The van der Waals surface area contributed by atoms with Crippen LogP contribution in [-0.4, -0.2) is 29.1 Å². The van der Waals surface area contributed by atoms with E-state index in [-0.39, 0.29) is 0 Å². The standard InChI is InChI=1S/C22H17BrF3NO2/c23-17-6-3-5-16-19(15-4-1-2-7-18(15)29-20(16)17)12-10-13-8-9-14(11-12)27(13)21(28)22(24,25)26/h1-7,13-14H,8-11H2/b19-12-/t13-,14+/m1/s1. The maximum Gasteiger partial charge on any atom is 0.471 e. The maximum absolute atomic E-state index is 13.1. The van der Waals surface area contributed by atoms with Crippen molar-refractivity contribution in [3.63, 3.8) is 0 Å². The van der Waals surface area contributed by atoms with Crippen molar-refractivity contribution in [3.8, 4) is 11.5 Å². The van der Waals surface area contributed by atoms with Gasteiger partial charge in [0.15, 0.2) is 0 Å². The molecule has 0 spiro atoms. The number of hydrogen-bond acceptors (Lipinski definition) is 2. The van der Waals surface area contributed by atoms with Gasteiger partial charge in [-0.25, -0.2) is 0 Å². The third kappa shape index (κ3) is 2.98. The fraction of sp³-hybridized carbons (Fsp3) is 0.318. The Kier molecular flexibility index (Phi) is 4.28. The second-order valence-corrected chi connectivity index (χ2v) is 8.55. The minimum Gasteiger partial charge on any atom is -0.455 e. The van der Waals surface area contributed by atoms with Gasteiger partial charge < -0.3 is 9.64 Å². The molecule has 3 aliphatic heterocycles. The molecule has 2 aromatic rings. The summed E-state index contributed by atoms with van der Waals surface area (Å²) in [7, 11) is 0. The van der Waals surface area contributed by atoms with E-state index in [1.165, 1.54) is 0 Å². The summed E-state index contributed by atoms with van der Waals surface area (Å²) in [5.74, 6) is -0.255. The molecule has 3 aliphatic rings. The molecule has 5 rings (SSSR count). The molecule has 2 fully saturated rings. The molecular formula is C22H17BrF3NO2. The van der Waals surface area contributed by atoms with E-state index in [2.05, 4.69) is 15.9 Å². The summed E-state index contributed by atoms with van der Waals surface area (Å²) < 4.78 is 46.2. The summed E-state index contributed by atoms with van der Waals surface area (Å²) in [4.78, 5) is 13.0. The normalized spacial score (nSPS) is 25.3. The topological polar surface area (TPSA) is 29.5 Å². The maximum atomic E-state index is 13.1. The minimum absolute atomic E-state index is 0.406. The molecule has 150 valence electrons. The predicted molar refractivity (Wildman–Crippen MR) is 106 cm³/mol. The molecule has 3 heterocycles. The number of rotatable bonds is 0. The van der Waals surface area contributed by atoms with Crippen LogP contribution in [0.3, 0.4) is 0 Å². The molecule has 2 atom stereocenters. The van der Waals surface area contributed by atoms with E-state index in [0.717, 1.165) is 43.1 Å². The minimum atomic E-state index is -4.83. The van der Waals surface area contributed by atoms with Crippen molar-refractivity contribution in [2.45, 2.75) is 43.9 Å². The summed E-state index contributed by atoms with van der Waals surface area (Å²) in [5.41, 5.74) is 4.00. The summed E-state index contributed by atoms with van der Waals surface area (Å²) in [6.45, 7) is 0. The van der Waals surface area contributed by atoms with Crippen LogP contribution in [0.2, 0.25) is 0 Å². The van der Waals surface area contributed by atoms with E-state index in [1.807, 2.05) is 42.5 Å². The van der Waals surface area contributed by atoms with E-state index < -0.39 is 24.2 Å². The van der Waals surface area contributed by atoms with Crippen molar-refractivity contribution >= 4 is 27.4 Å². The summed E-state index contributed by atoms with van der Waals surface area (Å²) in [6.07, 6.45) is -2.71. The molecule has 2 aromatic carbocycles. The highest BCUT2D eigenvalue weighted by Gasteiger charge is 2.51. The Morgan fingerprint density at radius 3 is 2.34 bits per heavy atom. The van der Waals surface area contributed by atoms with Crippen LogP contribution >= 0.6 is 15.9 Å². The molecule has 29 heavy (non-hydrogen) atoms. The van der Waals surface area contributed by atoms with Gasteiger partial charge in [0, 0.05) is 23.2 Å². The summed E-state index contributed by atoms with van der Waals surface area (Å²) in [5, 5.41) is 0. The van der Waals surface area contributed by atoms with Gasteiger partial charge in [0.05, 0.1) is 4.47 Å². The smallest absolute Gasteiger partial charge is 0.455 e. The van der Waals surface area contributed by atoms with Crippen molar-refractivity contribution in [3.05, 3.63) is 63.6 Å². The molecule has 0 N–H and O–H groups in total. The zero-order valence-electron chi connectivity index (χ0n) is 15.3. The first-order valence-corrected chi connectivity index (χ1v) is 10.3. The number of carbonyl (C=O) groups is 1. The molecule has 0 aromatic heterocycles. The Bertz CT molecular complexity index is 1030. The number of para-hydroxylation sites is 2. The molecule has 0 radical (unpaired) electrons. The van der Waals surface area contributed by atoms with Gasteiger partial charge in [-0.05, 0) is 59.3 Å². The summed E-state index contributed by atoms with van der Waals surface area (Å²) >= 11 is 3.55. The number of alkyl halides is 3. The number of amides is 1.